The molecule has 2 rings (SSSR count). The normalized spacial score (nSPS) is 18.7. The van der Waals surface area contributed by atoms with Crippen LogP contribution < -0.4 is 10.6 Å². The molecule has 0 aromatic heterocycles. The van der Waals surface area contributed by atoms with Crippen LogP contribution in [-0.2, 0) is 15.0 Å². The number of carbonyl (C=O) groups is 2. The van der Waals surface area contributed by atoms with Gasteiger partial charge in [0.2, 0.25) is 11.8 Å². The third-order valence-corrected chi connectivity index (χ3v) is 5.72. The molecule has 1 atom stereocenters. The standard InChI is InChI=1S/C21H24N4O2S/c1-20(2,3)13-6-8-14(9-7-13)24-17(26)12-28-19-16(11-23)21(4,5)15(10-22)18(27)25-19/h6-9,15H,12H2,1-5H3,(H,24,26)(H,25,27)/t15-/m1/s1. The van der Waals surface area contributed by atoms with E-state index in [0.717, 1.165) is 11.8 Å². The number of carbonyl (C=O) groups excluding carboxylic acids is 2. The molecule has 6 nitrogen and oxygen atoms in total. The lowest BCUT2D eigenvalue weighted by Crippen LogP contribution is -2.44. The second kappa shape index (κ2) is 8.08. The molecule has 0 fully saturated rings. The van der Waals surface area contributed by atoms with Gasteiger partial charge in [-0.15, -0.1) is 0 Å². The molecule has 1 heterocycles. The Bertz CT molecular complexity index is 896. The van der Waals surface area contributed by atoms with E-state index in [2.05, 4.69) is 37.5 Å². The summed E-state index contributed by atoms with van der Waals surface area (Å²) >= 11 is 1.09. The van der Waals surface area contributed by atoms with Crippen molar-refractivity contribution < 1.29 is 9.59 Å². The van der Waals surface area contributed by atoms with E-state index < -0.39 is 17.2 Å². The summed E-state index contributed by atoms with van der Waals surface area (Å²) in [5.41, 5.74) is 1.29. The maximum absolute atomic E-state index is 12.3. The number of hydrogen-bond donors (Lipinski definition) is 2. The average Bonchev–Trinajstić information content (AvgIpc) is 2.59. The van der Waals surface area contributed by atoms with Crippen molar-refractivity contribution in [2.45, 2.75) is 40.0 Å². The molecule has 1 aromatic rings. The lowest BCUT2D eigenvalue weighted by molar-refractivity contribution is -0.125. The fourth-order valence-corrected chi connectivity index (χ4v) is 3.90. The minimum atomic E-state index is -0.943. The molecule has 2 N–H and O–H groups in total. The van der Waals surface area contributed by atoms with Crippen molar-refractivity contribution in [1.29, 1.82) is 10.5 Å². The van der Waals surface area contributed by atoms with Crippen LogP contribution in [0.5, 0.6) is 0 Å². The Morgan fingerprint density at radius 1 is 1.25 bits per heavy atom. The molecular weight excluding hydrogens is 372 g/mol. The zero-order valence-corrected chi connectivity index (χ0v) is 17.5. The first kappa shape index (κ1) is 21.5. The lowest BCUT2D eigenvalue weighted by atomic mass is 9.72. The number of nitrogens with zero attached hydrogens (tertiary/aromatic N) is 2. The highest BCUT2D eigenvalue weighted by Crippen LogP contribution is 2.41. The summed E-state index contributed by atoms with van der Waals surface area (Å²) in [5.74, 6) is -1.60. The van der Waals surface area contributed by atoms with E-state index >= 15 is 0 Å². The van der Waals surface area contributed by atoms with Gasteiger partial charge in [0.05, 0.1) is 28.5 Å². The number of nitriles is 2. The van der Waals surface area contributed by atoms with Crippen molar-refractivity contribution in [3.8, 4) is 12.1 Å². The molecule has 0 spiro atoms. The van der Waals surface area contributed by atoms with Gasteiger partial charge in [-0.3, -0.25) is 9.59 Å². The minimum Gasteiger partial charge on any atom is -0.325 e. The molecule has 0 saturated carbocycles. The van der Waals surface area contributed by atoms with Crippen molar-refractivity contribution >= 4 is 29.3 Å². The molecule has 2 amide bonds. The Morgan fingerprint density at radius 3 is 2.36 bits per heavy atom. The van der Waals surface area contributed by atoms with E-state index in [4.69, 9.17) is 0 Å². The molecule has 0 saturated heterocycles. The largest absolute Gasteiger partial charge is 0.325 e. The molecule has 1 aliphatic heterocycles. The number of nitrogens with one attached hydrogen (secondary N) is 2. The zero-order chi connectivity index (χ0) is 21.1. The minimum absolute atomic E-state index is 0.0336. The Labute approximate surface area is 170 Å². The van der Waals surface area contributed by atoms with Gasteiger partial charge < -0.3 is 10.6 Å². The quantitative estimate of drug-likeness (QED) is 0.807. The number of benzene rings is 1. The summed E-state index contributed by atoms with van der Waals surface area (Å²) in [6.07, 6.45) is 0. The smallest absolute Gasteiger partial charge is 0.243 e. The fraction of sp³-hybridized carbons (Fsp3) is 0.429. The third kappa shape index (κ3) is 4.55. The van der Waals surface area contributed by atoms with Crippen LogP contribution in [0.2, 0.25) is 0 Å². The predicted molar refractivity (Wildman–Crippen MR) is 110 cm³/mol. The first-order chi connectivity index (χ1) is 13.0. The van der Waals surface area contributed by atoms with Crippen LogP contribution in [0.4, 0.5) is 5.69 Å². The van der Waals surface area contributed by atoms with Crippen LogP contribution >= 0.6 is 11.8 Å². The molecule has 0 unspecified atom stereocenters. The van der Waals surface area contributed by atoms with Gasteiger partial charge >= 0.3 is 0 Å². The van der Waals surface area contributed by atoms with Gasteiger partial charge in [0.25, 0.3) is 0 Å². The van der Waals surface area contributed by atoms with Gasteiger partial charge in [-0.1, -0.05) is 58.5 Å². The maximum Gasteiger partial charge on any atom is 0.243 e. The number of rotatable bonds is 4. The molecule has 1 aromatic carbocycles. The molecule has 28 heavy (non-hydrogen) atoms. The molecular formula is C21H24N4O2S. The second-order valence-corrected chi connectivity index (χ2v) is 9.24. The molecule has 0 radical (unpaired) electrons. The summed E-state index contributed by atoms with van der Waals surface area (Å²) in [6.45, 7) is 9.74. The topological polar surface area (TPSA) is 106 Å². The van der Waals surface area contributed by atoms with Crippen molar-refractivity contribution in [3.05, 3.63) is 40.4 Å². The van der Waals surface area contributed by atoms with Gasteiger partial charge in [0.15, 0.2) is 0 Å². The van der Waals surface area contributed by atoms with Crippen LogP contribution in [0.3, 0.4) is 0 Å². The van der Waals surface area contributed by atoms with Crippen LogP contribution in [0.15, 0.2) is 34.9 Å². The Hall–Kier alpha value is -2.77. The highest BCUT2D eigenvalue weighted by molar-refractivity contribution is 8.03. The first-order valence-electron chi connectivity index (χ1n) is 8.89. The van der Waals surface area contributed by atoms with Gasteiger partial charge in [0.1, 0.15) is 5.92 Å². The second-order valence-electron chi connectivity index (χ2n) is 8.25. The molecule has 0 bridgehead atoms. The van der Waals surface area contributed by atoms with Gasteiger partial charge in [-0.2, -0.15) is 10.5 Å². The molecule has 146 valence electrons. The molecule has 1 aliphatic rings. The predicted octanol–water partition coefficient (Wildman–Crippen LogP) is 3.69. The van der Waals surface area contributed by atoms with Crippen molar-refractivity contribution in [1.82, 2.24) is 5.32 Å². The van der Waals surface area contributed by atoms with Crippen molar-refractivity contribution in [2.24, 2.45) is 11.3 Å². The van der Waals surface area contributed by atoms with Crippen LogP contribution in [0.1, 0.15) is 40.2 Å². The fourth-order valence-electron chi connectivity index (χ4n) is 2.92. The van der Waals surface area contributed by atoms with E-state index in [-0.39, 0.29) is 17.1 Å². The molecule has 0 aliphatic carbocycles. The van der Waals surface area contributed by atoms with E-state index in [1.54, 1.807) is 13.8 Å². The van der Waals surface area contributed by atoms with E-state index in [1.807, 2.05) is 30.3 Å². The van der Waals surface area contributed by atoms with E-state index in [9.17, 15) is 20.1 Å². The Morgan fingerprint density at radius 2 is 1.86 bits per heavy atom. The lowest BCUT2D eigenvalue weighted by Gasteiger charge is -2.34. The van der Waals surface area contributed by atoms with E-state index in [0.29, 0.717) is 16.3 Å². The van der Waals surface area contributed by atoms with Gasteiger partial charge in [-0.25, -0.2) is 0 Å². The van der Waals surface area contributed by atoms with Gasteiger partial charge in [0, 0.05) is 11.1 Å². The highest BCUT2D eigenvalue weighted by Gasteiger charge is 2.44. The highest BCUT2D eigenvalue weighted by atomic mass is 32.2. The van der Waals surface area contributed by atoms with Crippen molar-refractivity contribution in [2.75, 3.05) is 11.1 Å². The van der Waals surface area contributed by atoms with E-state index in [1.165, 1.54) is 5.56 Å². The van der Waals surface area contributed by atoms with Crippen LogP contribution in [-0.4, -0.2) is 17.6 Å². The van der Waals surface area contributed by atoms with Crippen molar-refractivity contribution in [3.63, 3.8) is 0 Å². The first-order valence-corrected chi connectivity index (χ1v) is 9.87. The summed E-state index contributed by atoms with van der Waals surface area (Å²) in [4.78, 5) is 24.5. The number of anilines is 1. The molecule has 7 heteroatoms. The number of thioether (sulfide) groups is 1. The maximum atomic E-state index is 12.3. The average molecular weight is 397 g/mol. The monoisotopic (exact) mass is 396 g/mol. The van der Waals surface area contributed by atoms with Crippen LogP contribution in [0, 0.1) is 34.0 Å². The number of allylic oxidation sites excluding steroid dienone is 1. The summed E-state index contributed by atoms with van der Waals surface area (Å²) < 4.78 is 0. The zero-order valence-electron chi connectivity index (χ0n) is 16.7. The Balaban J connectivity index is 2.08. The third-order valence-electron chi connectivity index (χ3n) is 4.72. The SMILES string of the molecule is CC(C)(C)c1ccc(NC(=O)CSC2=C(C#N)C(C)(C)[C@H](C#N)C(=O)N2)cc1. The summed E-state index contributed by atoms with van der Waals surface area (Å²) in [6, 6.07) is 11.7. The number of amides is 2. The van der Waals surface area contributed by atoms with Gasteiger partial charge in [-0.05, 0) is 23.1 Å². The number of hydrogen-bond acceptors (Lipinski definition) is 5. The summed E-state index contributed by atoms with van der Waals surface area (Å²) in [5, 5.41) is 24.5. The van der Waals surface area contributed by atoms with Crippen LogP contribution in [0.25, 0.3) is 0 Å². The Kier molecular flexibility index (Phi) is 6.21. The summed E-state index contributed by atoms with van der Waals surface area (Å²) in [7, 11) is 0.